The Hall–Kier alpha value is -1.10. The van der Waals surface area contributed by atoms with Crippen molar-refractivity contribution in [2.24, 2.45) is 5.41 Å². The van der Waals surface area contributed by atoms with E-state index in [1.54, 1.807) is 0 Å². The van der Waals surface area contributed by atoms with E-state index in [4.69, 9.17) is 9.84 Å². The van der Waals surface area contributed by atoms with Gasteiger partial charge < -0.3 is 14.6 Å². The normalized spacial score (nSPS) is 14.7. The summed E-state index contributed by atoms with van der Waals surface area (Å²) in [6, 6.07) is 0. The number of ether oxygens (including phenoxy) is 2. The van der Waals surface area contributed by atoms with E-state index in [0.717, 1.165) is 7.11 Å². The van der Waals surface area contributed by atoms with Gasteiger partial charge in [-0.1, -0.05) is 0 Å². The number of hydrogen-bond acceptors (Lipinski definition) is 4. The lowest BCUT2D eigenvalue weighted by atomic mass is 9.87. The molecule has 0 bridgehead atoms. The van der Waals surface area contributed by atoms with Crippen LogP contribution in [0, 0.1) is 5.41 Å². The Bertz CT molecular complexity index is 201. The summed E-state index contributed by atoms with van der Waals surface area (Å²) in [4.78, 5) is 21.9. The highest BCUT2D eigenvalue weighted by atomic mass is 16.5. The second kappa shape index (κ2) is 4.81. The lowest BCUT2D eigenvalue weighted by molar-refractivity contribution is -0.166. The van der Waals surface area contributed by atoms with E-state index in [1.807, 2.05) is 0 Å². The average molecular weight is 190 g/mol. The molecule has 0 heterocycles. The molecule has 0 aliphatic heterocycles. The summed E-state index contributed by atoms with van der Waals surface area (Å²) in [6.07, 6.45) is 0.103. The Morgan fingerprint density at radius 3 is 2.23 bits per heavy atom. The maximum Gasteiger partial charge on any atom is 0.323 e. The molecule has 0 saturated heterocycles. The van der Waals surface area contributed by atoms with E-state index >= 15 is 0 Å². The molecule has 1 atom stereocenters. The maximum atomic E-state index is 11.1. The van der Waals surface area contributed by atoms with Crippen molar-refractivity contribution in [1.82, 2.24) is 0 Å². The molecule has 76 valence electrons. The smallest absolute Gasteiger partial charge is 0.323 e. The first-order chi connectivity index (χ1) is 5.99. The van der Waals surface area contributed by atoms with Gasteiger partial charge in [0.15, 0.2) is 5.41 Å². The van der Waals surface area contributed by atoms with Crippen molar-refractivity contribution >= 4 is 11.9 Å². The van der Waals surface area contributed by atoms with Gasteiger partial charge in [-0.05, 0) is 13.3 Å². The predicted molar refractivity (Wildman–Crippen MR) is 44.3 cm³/mol. The minimum absolute atomic E-state index is 0.103. The Kier molecular flexibility index (Phi) is 4.40. The van der Waals surface area contributed by atoms with Crippen molar-refractivity contribution in [3.8, 4) is 0 Å². The third kappa shape index (κ3) is 2.69. The van der Waals surface area contributed by atoms with Gasteiger partial charge in [-0.25, -0.2) is 0 Å². The van der Waals surface area contributed by atoms with Gasteiger partial charge >= 0.3 is 11.9 Å². The Labute approximate surface area is 76.6 Å². The summed E-state index contributed by atoms with van der Waals surface area (Å²) >= 11 is 0. The molecule has 0 aromatic carbocycles. The fourth-order valence-electron chi connectivity index (χ4n) is 0.828. The van der Waals surface area contributed by atoms with Crippen molar-refractivity contribution in [3.05, 3.63) is 0 Å². The maximum absolute atomic E-state index is 11.1. The summed E-state index contributed by atoms with van der Waals surface area (Å²) in [6.45, 7) is 1.53. The topological polar surface area (TPSA) is 72.8 Å². The van der Waals surface area contributed by atoms with E-state index in [1.165, 1.54) is 14.0 Å². The molecule has 0 fully saturated rings. The third-order valence-electron chi connectivity index (χ3n) is 1.91. The van der Waals surface area contributed by atoms with Crippen molar-refractivity contribution < 1.29 is 24.2 Å². The van der Waals surface area contributed by atoms with Crippen LogP contribution < -0.4 is 0 Å². The molecule has 0 radical (unpaired) electrons. The molecular weight excluding hydrogens is 176 g/mol. The zero-order valence-corrected chi connectivity index (χ0v) is 7.99. The van der Waals surface area contributed by atoms with Gasteiger partial charge in [0.05, 0.1) is 7.11 Å². The first kappa shape index (κ1) is 11.9. The third-order valence-corrected chi connectivity index (χ3v) is 1.91. The molecule has 1 unspecified atom stereocenters. The molecule has 0 aliphatic rings. The van der Waals surface area contributed by atoms with Gasteiger partial charge in [-0.3, -0.25) is 9.59 Å². The molecule has 5 nitrogen and oxygen atoms in total. The van der Waals surface area contributed by atoms with Crippen molar-refractivity contribution in [1.29, 1.82) is 0 Å². The number of rotatable bonds is 5. The highest BCUT2D eigenvalue weighted by Crippen LogP contribution is 2.23. The molecule has 0 rings (SSSR count). The first-order valence-corrected chi connectivity index (χ1v) is 3.79. The summed E-state index contributed by atoms with van der Waals surface area (Å²) in [5.74, 6) is -1.95. The Morgan fingerprint density at radius 1 is 1.38 bits per heavy atom. The van der Waals surface area contributed by atoms with Crippen LogP contribution in [0.25, 0.3) is 0 Å². The van der Waals surface area contributed by atoms with E-state index < -0.39 is 17.4 Å². The van der Waals surface area contributed by atoms with Gasteiger partial charge in [-0.15, -0.1) is 0 Å². The van der Waals surface area contributed by atoms with Gasteiger partial charge in [-0.2, -0.15) is 0 Å². The van der Waals surface area contributed by atoms with Gasteiger partial charge in [0, 0.05) is 13.7 Å². The molecule has 13 heavy (non-hydrogen) atoms. The summed E-state index contributed by atoms with van der Waals surface area (Å²) in [5, 5.41) is 8.80. The molecule has 0 aromatic rings. The largest absolute Gasteiger partial charge is 0.480 e. The van der Waals surface area contributed by atoms with Crippen LogP contribution in [0.5, 0.6) is 0 Å². The highest BCUT2D eigenvalue weighted by Gasteiger charge is 2.42. The summed E-state index contributed by atoms with van der Waals surface area (Å²) in [5.41, 5.74) is -1.51. The molecule has 0 aliphatic carbocycles. The van der Waals surface area contributed by atoms with Crippen LogP contribution in [0.3, 0.4) is 0 Å². The molecule has 5 heteroatoms. The van der Waals surface area contributed by atoms with E-state index in [9.17, 15) is 9.59 Å². The number of methoxy groups -OCH3 is 2. The number of carboxylic acids is 1. The molecule has 0 spiro atoms. The van der Waals surface area contributed by atoms with Crippen molar-refractivity contribution in [3.63, 3.8) is 0 Å². The lowest BCUT2D eigenvalue weighted by Crippen LogP contribution is -2.38. The molecule has 1 N–H and O–H groups in total. The lowest BCUT2D eigenvalue weighted by Gasteiger charge is -2.20. The van der Waals surface area contributed by atoms with E-state index in [-0.39, 0.29) is 13.0 Å². The zero-order chi connectivity index (χ0) is 10.5. The highest BCUT2D eigenvalue weighted by molar-refractivity contribution is 5.98. The average Bonchev–Trinajstić information content (AvgIpc) is 2.12. The Morgan fingerprint density at radius 2 is 1.92 bits per heavy atom. The number of carbonyl (C=O) groups is 2. The monoisotopic (exact) mass is 190 g/mol. The van der Waals surface area contributed by atoms with Gasteiger partial charge in [0.1, 0.15) is 0 Å². The minimum atomic E-state index is -1.51. The standard InChI is InChI=1S/C8H14O5/c1-8(6(9)10,4-5-12-2)7(11)13-3/h4-5H2,1-3H3,(H,9,10). The van der Waals surface area contributed by atoms with Gasteiger partial charge in [0.2, 0.25) is 0 Å². The van der Waals surface area contributed by atoms with E-state index in [2.05, 4.69) is 4.74 Å². The molecule has 0 aromatic heterocycles. The predicted octanol–water partition coefficient (Wildman–Crippen LogP) is 0.287. The second-order valence-electron chi connectivity index (χ2n) is 2.87. The first-order valence-electron chi connectivity index (χ1n) is 3.79. The van der Waals surface area contributed by atoms with Crippen LogP contribution in [0.2, 0.25) is 0 Å². The van der Waals surface area contributed by atoms with Crippen LogP contribution in [-0.4, -0.2) is 37.9 Å². The van der Waals surface area contributed by atoms with E-state index in [0.29, 0.717) is 0 Å². The zero-order valence-electron chi connectivity index (χ0n) is 7.99. The fourth-order valence-corrected chi connectivity index (χ4v) is 0.828. The van der Waals surface area contributed by atoms with Crippen LogP contribution in [0.1, 0.15) is 13.3 Å². The quantitative estimate of drug-likeness (QED) is 0.498. The summed E-state index contributed by atoms with van der Waals surface area (Å²) in [7, 11) is 2.61. The Balaban J connectivity index is 4.52. The number of aliphatic carboxylic acids is 1. The molecule has 0 saturated carbocycles. The van der Waals surface area contributed by atoms with Crippen molar-refractivity contribution in [2.45, 2.75) is 13.3 Å². The minimum Gasteiger partial charge on any atom is -0.480 e. The molecular formula is C8H14O5. The number of esters is 1. The number of hydrogen-bond donors (Lipinski definition) is 1. The van der Waals surface area contributed by atoms with Crippen LogP contribution in [0.4, 0.5) is 0 Å². The SMILES string of the molecule is COCCC(C)(C(=O)O)C(=O)OC. The van der Waals surface area contributed by atoms with Crippen LogP contribution in [0.15, 0.2) is 0 Å². The van der Waals surface area contributed by atoms with Crippen LogP contribution >= 0.6 is 0 Å². The van der Waals surface area contributed by atoms with Gasteiger partial charge in [0.25, 0.3) is 0 Å². The number of carbonyl (C=O) groups excluding carboxylic acids is 1. The number of carboxylic acid groups (broad SMARTS) is 1. The fraction of sp³-hybridized carbons (Fsp3) is 0.750. The van der Waals surface area contributed by atoms with Crippen LogP contribution in [-0.2, 0) is 19.1 Å². The van der Waals surface area contributed by atoms with Crippen molar-refractivity contribution in [2.75, 3.05) is 20.8 Å². The summed E-state index contributed by atoms with van der Waals surface area (Å²) < 4.78 is 9.11. The molecule has 0 amide bonds. The second-order valence-corrected chi connectivity index (χ2v) is 2.87.